The van der Waals surface area contributed by atoms with E-state index in [4.69, 9.17) is 19.4 Å². The summed E-state index contributed by atoms with van der Waals surface area (Å²) in [5.41, 5.74) is 4.60. The predicted molar refractivity (Wildman–Crippen MR) is 126 cm³/mol. The third-order valence-electron chi connectivity index (χ3n) is 6.38. The van der Waals surface area contributed by atoms with Gasteiger partial charge in [0.15, 0.2) is 5.65 Å². The van der Waals surface area contributed by atoms with Crippen molar-refractivity contribution in [3.8, 4) is 11.3 Å². The molecule has 0 saturated carbocycles. The predicted octanol–water partition coefficient (Wildman–Crippen LogP) is 3.24. The first kappa shape index (κ1) is 21.1. The molecule has 0 bridgehead atoms. The second-order valence-electron chi connectivity index (χ2n) is 8.66. The third kappa shape index (κ3) is 4.03. The van der Waals surface area contributed by atoms with Crippen molar-refractivity contribution in [1.29, 1.82) is 0 Å². The second-order valence-corrected chi connectivity index (χ2v) is 8.66. The molecule has 2 aliphatic rings. The Morgan fingerprint density at radius 3 is 2.41 bits per heavy atom. The van der Waals surface area contributed by atoms with E-state index in [1.807, 2.05) is 30.3 Å². The van der Waals surface area contributed by atoms with E-state index >= 15 is 0 Å². The lowest BCUT2D eigenvalue weighted by molar-refractivity contribution is 0.0981. The first-order valence-corrected chi connectivity index (χ1v) is 11.3. The number of benzene rings is 1. The largest absolute Gasteiger partial charge is 0.392 e. The molecule has 7 heteroatoms. The van der Waals surface area contributed by atoms with E-state index in [0.717, 1.165) is 59.1 Å². The van der Waals surface area contributed by atoms with Gasteiger partial charge >= 0.3 is 0 Å². The maximum absolute atomic E-state index is 9.53. The molecule has 168 valence electrons. The van der Waals surface area contributed by atoms with Gasteiger partial charge in [-0.2, -0.15) is 0 Å². The Kier molecular flexibility index (Phi) is 5.95. The molecule has 4 heterocycles. The lowest BCUT2D eigenvalue weighted by Crippen LogP contribution is -2.45. The zero-order valence-corrected chi connectivity index (χ0v) is 18.7. The van der Waals surface area contributed by atoms with Gasteiger partial charge in [-0.3, -0.25) is 0 Å². The molecule has 2 unspecified atom stereocenters. The van der Waals surface area contributed by atoms with E-state index in [1.165, 1.54) is 0 Å². The van der Waals surface area contributed by atoms with Gasteiger partial charge < -0.3 is 24.4 Å². The standard InChI is InChI=1S/C25H30N4O3/c1-17-15-31-10-8-28(17)23-13-24(29-9-11-32-16-18(29)2)27-25-21(23)6-7-22(26-25)20-5-3-4-19(12-20)14-30/h3-7,12-13,17-18,30H,8-11,14-16H2,1-2H3. The average Bonchev–Trinajstić information content (AvgIpc) is 2.83. The van der Waals surface area contributed by atoms with Gasteiger partial charge in [-0.25, -0.2) is 9.97 Å². The first-order chi connectivity index (χ1) is 15.6. The van der Waals surface area contributed by atoms with E-state index in [-0.39, 0.29) is 18.7 Å². The number of nitrogens with zero attached hydrogens (tertiary/aromatic N) is 4. The number of rotatable bonds is 4. The minimum absolute atomic E-state index is 0.0117. The SMILES string of the molecule is CC1COCCN1c1cc(N2CCOCC2C)c2ccc(-c3cccc(CO)c3)nc2n1. The zero-order chi connectivity index (χ0) is 22.1. The first-order valence-electron chi connectivity index (χ1n) is 11.3. The van der Waals surface area contributed by atoms with Crippen LogP contribution in [0.3, 0.4) is 0 Å². The van der Waals surface area contributed by atoms with Crippen LogP contribution in [0.25, 0.3) is 22.3 Å². The number of anilines is 2. The fraction of sp³-hybridized carbons (Fsp3) is 0.440. The van der Waals surface area contributed by atoms with Crippen LogP contribution in [-0.2, 0) is 16.1 Å². The maximum Gasteiger partial charge on any atom is 0.164 e. The monoisotopic (exact) mass is 434 g/mol. The summed E-state index contributed by atoms with van der Waals surface area (Å²) in [5.74, 6) is 0.941. The van der Waals surface area contributed by atoms with Crippen LogP contribution in [0.5, 0.6) is 0 Å². The van der Waals surface area contributed by atoms with Crippen LogP contribution in [0.2, 0.25) is 0 Å². The quantitative estimate of drug-likeness (QED) is 0.676. The fourth-order valence-electron chi connectivity index (χ4n) is 4.60. The van der Waals surface area contributed by atoms with Crippen molar-refractivity contribution < 1.29 is 14.6 Å². The van der Waals surface area contributed by atoms with Gasteiger partial charge in [-0.1, -0.05) is 18.2 Å². The number of hydrogen-bond acceptors (Lipinski definition) is 7. The number of morpholine rings is 2. The number of ether oxygens (including phenoxy) is 2. The van der Waals surface area contributed by atoms with Gasteiger partial charge in [-0.05, 0) is 37.6 Å². The van der Waals surface area contributed by atoms with Crippen molar-refractivity contribution in [2.24, 2.45) is 0 Å². The maximum atomic E-state index is 9.53. The molecule has 0 spiro atoms. The Labute approximate surface area is 188 Å². The summed E-state index contributed by atoms with van der Waals surface area (Å²) in [6.07, 6.45) is 0. The highest BCUT2D eigenvalue weighted by molar-refractivity contribution is 5.93. The second kappa shape index (κ2) is 9.02. The summed E-state index contributed by atoms with van der Waals surface area (Å²) in [6.45, 7) is 8.88. The van der Waals surface area contributed by atoms with Crippen LogP contribution < -0.4 is 9.80 Å². The molecule has 0 aliphatic carbocycles. The van der Waals surface area contributed by atoms with Crippen LogP contribution >= 0.6 is 0 Å². The topological polar surface area (TPSA) is 71.0 Å². The number of fused-ring (bicyclic) bond motifs is 1. The Bertz CT molecular complexity index is 1110. The summed E-state index contributed by atoms with van der Waals surface area (Å²) in [6, 6.07) is 14.8. The van der Waals surface area contributed by atoms with Gasteiger partial charge in [0.2, 0.25) is 0 Å². The van der Waals surface area contributed by atoms with Crippen molar-refractivity contribution >= 4 is 22.5 Å². The van der Waals surface area contributed by atoms with Crippen molar-refractivity contribution in [2.45, 2.75) is 32.5 Å². The van der Waals surface area contributed by atoms with Gasteiger partial charge in [-0.15, -0.1) is 0 Å². The molecule has 0 radical (unpaired) electrons. The molecule has 2 atom stereocenters. The minimum Gasteiger partial charge on any atom is -0.392 e. The Balaban J connectivity index is 1.65. The van der Waals surface area contributed by atoms with E-state index < -0.39 is 0 Å². The minimum atomic E-state index is 0.0117. The highest BCUT2D eigenvalue weighted by atomic mass is 16.5. The number of hydrogen-bond donors (Lipinski definition) is 1. The number of aromatic nitrogens is 2. The lowest BCUT2D eigenvalue weighted by atomic mass is 10.1. The molecule has 7 nitrogen and oxygen atoms in total. The molecule has 0 amide bonds. The van der Waals surface area contributed by atoms with E-state index in [2.05, 4.69) is 35.8 Å². The molecule has 1 N–H and O–H groups in total. The summed E-state index contributed by atoms with van der Waals surface area (Å²) < 4.78 is 11.3. The smallest absolute Gasteiger partial charge is 0.164 e. The highest BCUT2D eigenvalue weighted by Crippen LogP contribution is 2.34. The van der Waals surface area contributed by atoms with Gasteiger partial charge in [0.05, 0.1) is 50.5 Å². The molecule has 1 aromatic carbocycles. The number of aliphatic hydroxyl groups excluding tert-OH is 1. The van der Waals surface area contributed by atoms with Gasteiger partial charge in [0.1, 0.15) is 5.82 Å². The summed E-state index contributed by atoms with van der Waals surface area (Å²) in [7, 11) is 0. The fourth-order valence-corrected chi connectivity index (χ4v) is 4.60. The van der Waals surface area contributed by atoms with Crippen molar-refractivity contribution in [3.63, 3.8) is 0 Å². The van der Waals surface area contributed by atoms with Crippen LogP contribution in [0.15, 0.2) is 42.5 Å². The van der Waals surface area contributed by atoms with Gasteiger partial charge in [0, 0.05) is 36.1 Å². The molecule has 2 saturated heterocycles. The summed E-state index contributed by atoms with van der Waals surface area (Å²) in [5, 5.41) is 10.6. The van der Waals surface area contributed by atoms with Crippen LogP contribution in [0, 0.1) is 0 Å². The molecule has 2 fully saturated rings. The molecule has 5 rings (SSSR count). The van der Waals surface area contributed by atoms with Crippen molar-refractivity contribution in [2.75, 3.05) is 49.3 Å². The summed E-state index contributed by atoms with van der Waals surface area (Å²) >= 11 is 0. The lowest BCUT2D eigenvalue weighted by Gasteiger charge is -2.38. The molecular weight excluding hydrogens is 404 g/mol. The van der Waals surface area contributed by atoms with Gasteiger partial charge in [0.25, 0.3) is 0 Å². The Morgan fingerprint density at radius 1 is 0.938 bits per heavy atom. The van der Waals surface area contributed by atoms with Crippen molar-refractivity contribution in [3.05, 3.63) is 48.0 Å². The average molecular weight is 435 g/mol. The molecule has 2 aliphatic heterocycles. The molecule has 3 aromatic rings. The van der Waals surface area contributed by atoms with E-state index in [9.17, 15) is 5.11 Å². The number of pyridine rings is 2. The summed E-state index contributed by atoms with van der Waals surface area (Å²) in [4.78, 5) is 14.7. The highest BCUT2D eigenvalue weighted by Gasteiger charge is 2.26. The number of aliphatic hydroxyl groups is 1. The van der Waals surface area contributed by atoms with Crippen molar-refractivity contribution in [1.82, 2.24) is 9.97 Å². The molecule has 2 aromatic heterocycles. The van der Waals surface area contributed by atoms with E-state index in [0.29, 0.717) is 19.8 Å². The molecular formula is C25H30N4O3. The Hall–Kier alpha value is -2.74. The van der Waals surface area contributed by atoms with Crippen LogP contribution in [0.4, 0.5) is 11.5 Å². The Morgan fingerprint density at radius 2 is 1.69 bits per heavy atom. The van der Waals surface area contributed by atoms with Crippen LogP contribution in [0.1, 0.15) is 19.4 Å². The molecule has 32 heavy (non-hydrogen) atoms. The zero-order valence-electron chi connectivity index (χ0n) is 18.7. The third-order valence-corrected chi connectivity index (χ3v) is 6.38. The van der Waals surface area contributed by atoms with E-state index in [1.54, 1.807) is 0 Å². The van der Waals surface area contributed by atoms with Crippen LogP contribution in [-0.4, -0.2) is 66.7 Å². The normalized spacial score (nSPS) is 21.8.